The molecular formula is C18H18S3. The lowest BCUT2D eigenvalue weighted by Gasteiger charge is -1.91. The van der Waals surface area contributed by atoms with Crippen LogP contribution in [0.5, 0.6) is 0 Å². The molecule has 0 radical (unpaired) electrons. The normalized spacial score (nSPS) is 11.5. The molecule has 0 aliphatic heterocycles. The Morgan fingerprint density at radius 3 is 2.43 bits per heavy atom. The third kappa shape index (κ3) is 3.73. The Kier molecular flexibility index (Phi) is 5.07. The zero-order chi connectivity index (χ0) is 14.5. The number of rotatable bonds is 6. The van der Waals surface area contributed by atoms with Crippen LogP contribution in [0.3, 0.4) is 0 Å². The van der Waals surface area contributed by atoms with Crippen molar-refractivity contribution in [3.05, 3.63) is 52.7 Å². The van der Waals surface area contributed by atoms with E-state index in [0.717, 1.165) is 0 Å². The zero-order valence-electron chi connectivity index (χ0n) is 12.0. The minimum absolute atomic E-state index is 1.19. The summed E-state index contributed by atoms with van der Waals surface area (Å²) in [6.45, 7) is 2.24. The summed E-state index contributed by atoms with van der Waals surface area (Å²) in [6, 6.07) is 13.3. The molecule has 0 amide bonds. The summed E-state index contributed by atoms with van der Waals surface area (Å²) >= 11 is 5.58. The van der Waals surface area contributed by atoms with Crippen molar-refractivity contribution < 1.29 is 0 Å². The molecular weight excluding hydrogens is 312 g/mol. The van der Waals surface area contributed by atoms with E-state index in [0.29, 0.717) is 0 Å². The van der Waals surface area contributed by atoms with Gasteiger partial charge in [-0.05, 0) is 48.2 Å². The molecule has 0 spiro atoms. The molecule has 0 saturated carbocycles. The quantitative estimate of drug-likeness (QED) is 0.413. The van der Waals surface area contributed by atoms with Crippen LogP contribution in [0.25, 0.3) is 25.6 Å². The minimum Gasteiger partial charge on any atom is -0.143 e. The fourth-order valence-corrected chi connectivity index (χ4v) is 4.99. The summed E-state index contributed by atoms with van der Waals surface area (Å²) in [4.78, 5) is 6.83. The molecule has 3 aromatic heterocycles. The van der Waals surface area contributed by atoms with Crippen molar-refractivity contribution in [1.29, 1.82) is 0 Å². The van der Waals surface area contributed by atoms with Gasteiger partial charge in [0, 0.05) is 24.4 Å². The van der Waals surface area contributed by atoms with Gasteiger partial charge in [0.15, 0.2) is 0 Å². The lowest BCUT2D eigenvalue weighted by molar-refractivity contribution is 0.816. The molecule has 3 rings (SSSR count). The van der Waals surface area contributed by atoms with Gasteiger partial charge in [0.2, 0.25) is 0 Å². The molecule has 108 valence electrons. The molecule has 0 nitrogen and oxygen atoms in total. The molecule has 0 fully saturated rings. The van der Waals surface area contributed by atoms with Gasteiger partial charge in [-0.1, -0.05) is 31.9 Å². The maximum Gasteiger partial charge on any atom is 0.0449 e. The third-order valence-electron chi connectivity index (χ3n) is 3.25. The van der Waals surface area contributed by atoms with Gasteiger partial charge in [0.05, 0.1) is 0 Å². The average Bonchev–Trinajstić information content (AvgIpc) is 3.23. The van der Waals surface area contributed by atoms with Crippen LogP contribution in [0, 0.1) is 0 Å². The zero-order valence-corrected chi connectivity index (χ0v) is 14.5. The van der Waals surface area contributed by atoms with Gasteiger partial charge in [0.1, 0.15) is 0 Å². The van der Waals surface area contributed by atoms with Crippen molar-refractivity contribution in [2.75, 3.05) is 0 Å². The lowest BCUT2D eigenvalue weighted by Crippen LogP contribution is -1.65. The van der Waals surface area contributed by atoms with Gasteiger partial charge in [-0.25, -0.2) is 0 Å². The molecule has 0 unspecified atom stereocenters. The second kappa shape index (κ2) is 7.21. The van der Waals surface area contributed by atoms with Crippen molar-refractivity contribution >= 4 is 40.1 Å². The van der Waals surface area contributed by atoms with Gasteiger partial charge in [-0.2, -0.15) is 0 Å². The first-order chi connectivity index (χ1) is 10.4. The fourth-order valence-electron chi connectivity index (χ4n) is 2.12. The van der Waals surface area contributed by atoms with Crippen LogP contribution < -0.4 is 0 Å². The SMILES string of the molecule is CCCC/C=C/c1ccc(-c2ccc(-c3cccs3)s2)s1. The average molecular weight is 331 g/mol. The molecule has 0 aromatic carbocycles. The highest BCUT2D eigenvalue weighted by molar-refractivity contribution is 7.26. The molecule has 0 aliphatic rings. The number of thiophene rings is 3. The molecule has 0 aliphatic carbocycles. The molecule has 3 heterocycles. The monoisotopic (exact) mass is 330 g/mol. The van der Waals surface area contributed by atoms with Gasteiger partial charge in [-0.15, -0.1) is 34.0 Å². The van der Waals surface area contributed by atoms with Gasteiger partial charge in [-0.3, -0.25) is 0 Å². The van der Waals surface area contributed by atoms with Crippen molar-refractivity contribution in [2.24, 2.45) is 0 Å². The molecule has 0 N–H and O–H groups in total. The molecule has 3 aromatic rings. The van der Waals surface area contributed by atoms with E-state index < -0.39 is 0 Å². The summed E-state index contributed by atoms with van der Waals surface area (Å²) in [7, 11) is 0. The highest BCUT2D eigenvalue weighted by Gasteiger charge is 2.07. The summed E-state index contributed by atoms with van der Waals surface area (Å²) < 4.78 is 0. The first-order valence-corrected chi connectivity index (χ1v) is 9.78. The Hall–Kier alpha value is -1.16. The Labute approximate surface area is 138 Å². The fraction of sp³-hybridized carbons (Fsp3) is 0.222. The maximum atomic E-state index is 2.30. The van der Waals surface area contributed by atoms with E-state index in [1.807, 2.05) is 34.0 Å². The van der Waals surface area contributed by atoms with Crippen LogP contribution in [0.15, 0.2) is 47.9 Å². The van der Waals surface area contributed by atoms with Gasteiger partial charge < -0.3 is 0 Å². The van der Waals surface area contributed by atoms with Crippen LogP contribution >= 0.6 is 34.0 Å². The standard InChI is InChI=1S/C18H18S3/c1-2-3-4-5-7-14-9-10-17(20-14)18-12-11-16(21-18)15-8-6-13-19-15/h5-13H,2-4H2,1H3/b7-5+. The van der Waals surface area contributed by atoms with Crippen molar-refractivity contribution in [2.45, 2.75) is 26.2 Å². The van der Waals surface area contributed by atoms with E-state index in [1.165, 1.54) is 43.6 Å². The van der Waals surface area contributed by atoms with Crippen LogP contribution in [-0.4, -0.2) is 0 Å². The van der Waals surface area contributed by atoms with E-state index in [2.05, 4.69) is 60.9 Å². The Bertz CT molecular complexity index is 698. The van der Waals surface area contributed by atoms with E-state index in [1.54, 1.807) is 0 Å². The Morgan fingerprint density at radius 2 is 1.67 bits per heavy atom. The Morgan fingerprint density at radius 1 is 0.905 bits per heavy atom. The predicted molar refractivity (Wildman–Crippen MR) is 99.5 cm³/mol. The van der Waals surface area contributed by atoms with Gasteiger partial charge in [0.25, 0.3) is 0 Å². The second-order valence-corrected chi connectivity index (χ2v) is 8.03. The van der Waals surface area contributed by atoms with E-state index >= 15 is 0 Å². The Balaban J connectivity index is 1.73. The van der Waals surface area contributed by atoms with Crippen LogP contribution in [-0.2, 0) is 0 Å². The van der Waals surface area contributed by atoms with Crippen LogP contribution in [0.1, 0.15) is 31.1 Å². The predicted octanol–water partition coefficient (Wildman–Crippen LogP) is 7.41. The number of allylic oxidation sites excluding steroid dienone is 1. The molecule has 0 atom stereocenters. The third-order valence-corrected chi connectivity index (χ3v) is 6.64. The van der Waals surface area contributed by atoms with E-state index in [4.69, 9.17) is 0 Å². The van der Waals surface area contributed by atoms with Gasteiger partial charge >= 0.3 is 0 Å². The molecule has 3 heteroatoms. The van der Waals surface area contributed by atoms with Crippen molar-refractivity contribution in [3.63, 3.8) is 0 Å². The topological polar surface area (TPSA) is 0 Å². The first kappa shape index (κ1) is 14.8. The summed E-state index contributed by atoms with van der Waals surface area (Å²) in [5, 5.41) is 2.14. The van der Waals surface area contributed by atoms with E-state index in [9.17, 15) is 0 Å². The highest BCUT2D eigenvalue weighted by atomic mass is 32.1. The minimum atomic E-state index is 1.19. The largest absolute Gasteiger partial charge is 0.143 e. The summed E-state index contributed by atoms with van der Waals surface area (Å²) in [5.74, 6) is 0. The number of hydrogen-bond acceptors (Lipinski definition) is 3. The van der Waals surface area contributed by atoms with E-state index in [-0.39, 0.29) is 0 Å². The maximum absolute atomic E-state index is 2.30. The second-order valence-electron chi connectivity index (χ2n) is 4.89. The summed E-state index contributed by atoms with van der Waals surface area (Å²) in [6.07, 6.45) is 8.29. The highest BCUT2D eigenvalue weighted by Crippen LogP contribution is 2.39. The molecule has 0 bridgehead atoms. The van der Waals surface area contributed by atoms with Crippen LogP contribution in [0.4, 0.5) is 0 Å². The smallest absolute Gasteiger partial charge is 0.0449 e. The molecule has 0 saturated heterocycles. The molecule has 21 heavy (non-hydrogen) atoms. The van der Waals surface area contributed by atoms with Crippen molar-refractivity contribution in [3.8, 4) is 19.5 Å². The first-order valence-electron chi connectivity index (χ1n) is 7.27. The number of hydrogen-bond donors (Lipinski definition) is 0. The number of unbranched alkanes of at least 4 members (excludes halogenated alkanes) is 2. The summed E-state index contributed by atoms with van der Waals surface area (Å²) in [5.41, 5.74) is 0. The van der Waals surface area contributed by atoms with Crippen molar-refractivity contribution in [1.82, 2.24) is 0 Å². The van der Waals surface area contributed by atoms with Crippen LogP contribution in [0.2, 0.25) is 0 Å². The lowest BCUT2D eigenvalue weighted by atomic mass is 10.2.